The summed E-state index contributed by atoms with van der Waals surface area (Å²) in [6, 6.07) is 13.2. The first-order valence-electron chi connectivity index (χ1n) is 8.15. The minimum absolute atomic E-state index is 0.0506. The first kappa shape index (κ1) is 15.4. The van der Waals surface area contributed by atoms with Crippen molar-refractivity contribution in [3.8, 4) is 5.75 Å². The molecule has 1 aromatic carbocycles. The highest BCUT2D eigenvalue weighted by Crippen LogP contribution is 2.18. The maximum Gasteiger partial charge on any atom is 0.272 e. The Morgan fingerprint density at radius 3 is 2.76 bits per heavy atom. The summed E-state index contributed by atoms with van der Waals surface area (Å²) >= 11 is 0. The van der Waals surface area contributed by atoms with Gasteiger partial charge in [0.2, 0.25) is 0 Å². The molecular weight excluding hydrogens is 320 g/mol. The highest BCUT2D eigenvalue weighted by atomic mass is 16.5. The van der Waals surface area contributed by atoms with Crippen molar-refractivity contribution in [2.24, 2.45) is 0 Å². The Bertz CT molecular complexity index is 885. The maximum absolute atomic E-state index is 12.7. The van der Waals surface area contributed by atoms with Gasteiger partial charge in [-0.25, -0.2) is 0 Å². The van der Waals surface area contributed by atoms with E-state index in [2.05, 4.69) is 10.3 Å². The van der Waals surface area contributed by atoms with E-state index >= 15 is 0 Å². The van der Waals surface area contributed by atoms with Gasteiger partial charge in [0.05, 0.1) is 13.1 Å². The molecular formula is C18H18N4O3. The second-order valence-electron chi connectivity index (χ2n) is 6.00. The Balaban J connectivity index is 1.45. The van der Waals surface area contributed by atoms with E-state index in [0.717, 1.165) is 22.9 Å². The number of rotatable bonds is 5. The molecule has 2 aromatic heterocycles. The lowest BCUT2D eigenvalue weighted by Gasteiger charge is -2.26. The summed E-state index contributed by atoms with van der Waals surface area (Å²) in [5.41, 5.74) is 2.08. The number of hydrogen-bond acceptors (Lipinski definition) is 5. The van der Waals surface area contributed by atoms with Crippen molar-refractivity contribution < 1.29 is 14.1 Å². The van der Waals surface area contributed by atoms with Crippen LogP contribution in [0.2, 0.25) is 0 Å². The minimum atomic E-state index is -0.0506. The highest BCUT2D eigenvalue weighted by molar-refractivity contribution is 5.93. The van der Waals surface area contributed by atoms with Crippen molar-refractivity contribution in [2.75, 3.05) is 6.54 Å². The smallest absolute Gasteiger partial charge is 0.272 e. The van der Waals surface area contributed by atoms with E-state index in [9.17, 15) is 4.79 Å². The number of nitrogens with zero attached hydrogens (tertiary/aromatic N) is 4. The van der Waals surface area contributed by atoms with Crippen LogP contribution in [0.4, 0.5) is 0 Å². The van der Waals surface area contributed by atoms with Gasteiger partial charge in [-0.05, 0) is 25.1 Å². The van der Waals surface area contributed by atoms with Crippen LogP contribution in [0.1, 0.15) is 27.6 Å². The van der Waals surface area contributed by atoms with E-state index in [4.69, 9.17) is 9.26 Å². The number of para-hydroxylation sites is 1. The molecule has 0 bridgehead atoms. The first-order valence-corrected chi connectivity index (χ1v) is 8.15. The monoisotopic (exact) mass is 338 g/mol. The lowest BCUT2D eigenvalue weighted by atomic mass is 10.2. The molecule has 7 nitrogen and oxygen atoms in total. The van der Waals surface area contributed by atoms with Gasteiger partial charge in [0.15, 0.2) is 0 Å². The summed E-state index contributed by atoms with van der Waals surface area (Å²) in [7, 11) is 0. The van der Waals surface area contributed by atoms with Gasteiger partial charge in [0, 0.05) is 12.6 Å². The van der Waals surface area contributed by atoms with Gasteiger partial charge < -0.3 is 14.2 Å². The third kappa shape index (κ3) is 3.26. The fourth-order valence-corrected chi connectivity index (χ4v) is 2.88. The van der Waals surface area contributed by atoms with Crippen LogP contribution in [0.3, 0.4) is 0 Å². The molecule has 0 aliphatic carbocycles. The number of benzene rings is 1. The predicted octanol–water partition coefficient (Wildman–Crippen LogP) is 2.41. The van der Waals surface area contributed by atoms with Crippen LogP contribution in [0.25, 0.3) is 0 Å². The van der Waals surface area contributed by atoms with Crippen molar-refractivity contribution in [2.45, 2.75) is 26.6 Å². The summed E-state index contributed by atoms with van der Waals surface area (Å²) in [6.07, 6.45) is 0. The van der Waals surface area contributed by atoms with Crippen molar-refractivity contribution in [3.05, 3.63) is 65.3 Å². The molecule has 3 aromatic rings. The number of fused-ring (bicyclic) bond motifs is 1. The molecule has 0 saturated carbocycles. The van der Waals surface area contributed by atoms with Crippen LogP contribution in [-0.2, 0) is 19.7 Å². The van der Waals surface area contributed by atoms with Crippen molar-refractivity contribution in [1.29, 1.82) is 0 Å². The van der Waals surface area contributed by atoms with Gasteiger partial charge in [-0.2, -0.15) is 5.10 Å². The first-order chi connectivity index (χ1) is 12.2. The average molecular weight is 338 g/mol. The number of ether oxygens (including phenoxy) is 1. The van der Waals surface area contributed by atoms with Crippen LogP contribution >= 0.6 is 0 Å². The van der Waals surface area contributed by atoms with Gasteiger partial charge in [0.1, 0.15) is 35.2 Å². The standard InChI is InChI=1S/C18H18N4O3/c1-13-9-14(20-25-13)11-21-7-8-22-17(18(21)23)10-15(19-22)12-24-16-5-3-2-4-6-16/h2-6,9-10H,7-8,11-12H2,1H3. The van der Waals surface area contributed by atoms with Crippen molar-refractivity contribution in [1.82, 2.24) is 19.8 Å². The van der Waals surface area contributed by atoms with E-state index in [1.54, 1.807) is 15.6 Å². The van der Waals surface area contributed by atoms with Crippen LogP contribution in [0.5, 0.6) is 5.75 Å². The van der Waals surface area contributed by atoms with E-state index < -0.39 is 0 Å². The highest BCUT2D eigenvalue weighted by Gasteiger charge is 2.27. The third-order valence-electron chi connectivity index (χ3n) is 4.08. The Morgan fingerprint density at radius 2 is 2.00 bits per heavy atom. The molecule has 0 unspecified atom stereocenters. The molecule has 0 N–H and O–H groups in total. The third-order valence-corrected chi connectivity index (χ3v) is 4.08. The van der Waals surface area contributed by atoms with E-state index in [1.165, 1.54) is 0 Å². The largest absolute Gasteiger partial charge is 0.487 e. The molecule has 0 atom stereocenters. The molecule has 0 saturated heterocycles. The lowest BCUT2D eigenvalue weighted by molar-refractivity contribution is 0.0679. The van der Waals surface area contributed by atoms with Crippen LogP contribution < -0.4 is 4.74 Å². The van der Waals surface area contributed by atoms with Crippen LogP contribution in [0.15, 0.2) is 47.0 Å². The van der Waals surface area contributed by atoms with Crippen LogP contribution in [-0.4, -0.2) is 32.3 Å². The lowest BCUT2D eigenvalue weighted by Crippen LogP contribution is -2.39. The zero-order valence-electron chi connectivity index (χ0n) is 13.9. The van der Waals surface area contributed by atoms with Gasteiger partial charge >= 0.3 is 0 Å². The predicted molar refractivity (Wildman–Crippen MR) is 89.0 cm³/mol. The zero-order chi connectivity index (χ0) is 17.2. The molecule has 0 radical (unpaired) electrons. The van der Waals surface area contributed by atoms with E-state index in [0.29, 0.717) is 31.9 Å². The molecule has 0 spiro atoms. The zero-order valence-corrected chi connectivity index (χ0v) is 13.9. The number of amides is 1. The Hall–Kier alpha value is -3.09. The molecule has 1 aliphatic heterocycles. The van der Waals surface area contributed by atoms with Gasteiger partial charge in [0.25, 0.3) is 5.91 Å². The van der Waals surface area contributed by atoms with E-state index in [1.807, 2.05) is 43.3 Å². The molecule has 1 amide bonds. The molecule has 1 aliphatic rings. The molecule has 4 rings (SSSR count). The Kier molecular flexibility index (Phi) is 3.97. The number of carbonyl (C=O) groups excluding carboxylic acids is 1. The number of aryl methyl sites for hydroxylation is 1. The number of carbonyl (C=O) groups is 1. The summed E-state index contributed by atoms with van der Waals surface area (Å²) in [5, 5.41) is 8.43. The molecule has 7 heteroatoms. The second-order valence-corrected chi connectivity index (χ2v) is 6.00. The minimum Gasteiger partial charge on any atom is -0.487 e. The fraction of sp³-hybridized carbons (Fsp3) is 0.278. The number of hydrogen-bond donors (Lipinski definition) is 0. The second kappa shape index (κ2) is 6.43. The molecule has 128 valence electrons. The summed E-state index contributed by atoms with van der Waals surface area (Å²) in [4.78, 5) is 14.4. The quantitative estimate of drug-likeness (QED) is 0.714. The summed E-state index contributed by atoms with van der Waals surface area (Å²) < 4.78 is 12.5. The van der Waals surface area contributed by atoms with Crippen LogP contribution in [0, 0.1) is 6.92 Å². The van der Waals surface area contributed by atoms with Crippen molar-refractivity contribution >= 4 is 5.91 Å². The Labute approximate surface area is 144 Å². The van der Waals surface area contributed by atoms with E-state index in [-0.39, 0.29) is 5.91 Å². The van der Waals surface area contributed by atoms with Crippen molar-refractivity contribution in [3.63, 3.8) is 0 Å². The SMILES string of the molecule is Cc1cc(CN2CCn3nc(COc4ccccc4)cc3C2=O)no1. The fourth-order valence-electron chi connectivity index (χ4n) is 2.88. The molecule has 0 fully saturated rings. The number of aromatic nitrogens is 3. The molecule has 3 heterocycles. The van der Waals surface area contributed by atoms with Gasteiger partial charge in [-0.3, -0.25) is 9.48 Å². The summed E-state index contributed by atoms with van der Waals surface area (Å²) in [6.45, 7) is 3.86. The average Bonchev–Trinajstić information content (AvgIpc) is 3.23. The van der Waals surface area contributed by atoms with Gasteiger partial charge in [-0.1, -0.05) is 23.4 Å². The maximum atomic E-state index is 12.7. The Morgan fingerprint density at radius 1 is 1.16 bits per heavy atom. The topological polar surface area (TPSA) is 73.4 Å². The molecule has 25 heavy (non-hydrogen) atoms. The summed E-state index contributed by atoms with van der Waals surface area (Å²) in [5.74, 6) is 1.47. The normalized spacial score (nSPS) is 13.8. The van der Waals surface area contributed by atoms with Gasteiger partial charge in [-0.15, -0.1) is 0 Å².